The third-order valence-corrected chi connectivity index (χ3v) is 6.85. The summed E-state index contributed by atoms with van der Waals surface area (Å²) in [6.07, 6.45) is 1.58. The number of hydrogen-bond donors (Lipinski definition) is 4. The Morgan fingerprint density at radius 1 is 1.12 bits per heavy atom. The molecule has 0 saturated heterocycles. The van der Waals surface area contributed by atoms with Crippen molar-refractivity contribution >= 4 is 43.4 Å². The molecule has 0 unspecified atom stereocenters. The minimum Gasteiger partial charge on any atom is -0.394 e. The van der Waals surface area contributed by atoms with E-state index in [-0.39, 0.29) is 24.1 Å². The first-order valence-corrected chi connectivity index (χ1v) is 12.3. The minimum atomic E-state index is -3.73. The van der Waals surface area contributed by atoms with Crippen LogP contribution in [-0.2, 0) is 16.6 Å². The average molecular weight is 520 g/mol. The molecule has 3 rings (SSSR count). The molecule has 0 aliphatic heterocycles. The average Bonchev–Trinajstić information content (AvgIpc) is 2.76. The third-order valence-electron chi connectivity index (χ3n) is 4.72. The van der Waals surface area contributed by atoms with Gasteiger partial charge in [0.2, 0.25) is 16.0 Å². The lowest BCUT2D eigenvalue weighted by molar-refractivity contribution is 0.281. The van der Waals surface area contributed by atoms with Crippen molar-refractivity contribution in [1.29, 1.82) is 0 Å². The fraction of sp³-hybridized carbons (Fsp3) is 0.273. The lowest BCUT2D eigenvalue weighted by atomic mass is 10.2. The SMILES string of the molecule is Cc1ccc(CNS(=O)(=O)c2cc(Nc3ncc(Br)c(N[C@H](C)CO)n3)ccc2C)cc1. The molecular weight excluding hydrogens is 494 g/mol. The van der Waals surface area contributed by atoms with Gasteiger partial charge >= 0.3 is 0 Å². The monoisotopic (exact) mass is 519 g/mol. The Hall–Kier alpha value is -2.53. The molecule has 8 nitrogen and oxygen atoms in total. The fourth-order valence-corrected chi connectivity index (χ4v) is 4.46. The Labute approximate surface area is 196 Å². The number of rotatable bonds is 9. The van der Waals surface area contributed by atoms with E-state index in [2.05, 4.69) is 41.3 Å². The van der Waals surface area contributed by atoms with Gasteiger partial charge in [0.15, 0.2) is 0 Å². The summed E-state index contributed by atoms with van der Waals surface area (Å²) in [6.45, 7) is 5.71. The van der Waals surface area contributed by atoms with Crippen molar-refractivity contribution in [1.82, 2.24) is 14.7 Å². The molecule has 0 radical (unpaired) electrons. The van der Waals surface area contributed by atoms with E-state index in [1.807, 2.05) is 38.1 Å². The number of aromatic nitrogens is 2. The second-order valence-electron chi connectivity index (χ2n) is 7.53. The Morgan fingerprint density at radius 2 is 1.84 bits per heavy atom. The maximum atomic E-state index is 12.9. The lowest BCUT2D eigenvalue weighted by Gasteiger charge is -2.15. The lowest BCUT2D eigenvalue weighted by Crippen LogP contribution is -2.24. The number of nitrogens with one attached hydrogen (secondary N) is 3. The van der Waals surface area contributed by atoms with E-state index in [1.54, 1.807) is 31.3 Å². The molecule has 0 saturated carbocycles. The van der Waals surface area contributed by atoms with E-state index < -0.39 is 10.0 Å². The van der Waals surface area contributed by atoms with Crippen LogP contribution in [0.1, 0.15) is 23.6 Å². The van der Waals surface area contributed by atoms with Gasteiger partial charge < -0.3 is 15.7 Å². The van der Waals surface area contributed by atoms with Crippen molar-refractivity contribution in [2.45, 2.75) is 38.3 Å². The summed E-state index contributed by atoms with van der Waals surface area (Å²) < 4.78 is 29.2. The van der Waals surface area contributed by atoms with Gasteiger partial charge in [-0.15, -0.1) is 0 Å². The maximum Gasteiger partial charge on any atom is 0.241 e. The first kappa shape index (κ1) is 24.1. The molecule has 0 aliphatic carbocycles. The largest absolute Gasteiger partial charge is 0.394 e. The number of aryl methyl sites for hydroxylation is 2. The van der Waals surface area contributed by atoms with Gasteiger partial charge in [-0.1, -0.05) is 35.9 Å². The van der Waals surface area contributed by atoms with Crippen LogP contribution in [-0.4, -0.2) is 36.1 Å². The minimum absolute atomic E-state index is 0.0476. The van der Waals surface area contributed by atoms with Crippen LogP contribution in [0.15, 0.2) is 58.0 Å². The zero-order valence-corrected chi connectivity index (χ0v) is 20.5. The van der Waals surface area contributed by atoms with Crippen LogP contribution in [0.25, 0.3) is 0 Å². The Balaban J connectivity index is 1.79. The van der Waals surface area contributed by atoms with E-state index in [9.17, 15) is 13.5 Å². The summed E-state index contributed by atoms with van der Waals surface area (Å²) in [5.41, 5.74) is 3.16. The summed E-state index contributed by atoms with van der Waals surface area (Å²) in [5.74, 6) is 0.810. The van der Waals surface area contributed by atoms with Crippen LogP contribution in [0, 0.1) is 13.8 Å². The standard InChI is InChI=1S/C22H26BrN5O3S/c1-14-4-7-17(8-5-14)11-25-32(30,31)20-10-18(9-6-15(20)2)27-22-24-12-19(23)21(28-22)26-16(3)13-29/h4-10,12,16,25,29H,11,13H2,1-3H3,(H2,24,26,27,28)/t16-/m1/s1. The van der Waals surface area contributed by atoms with Gasteiger partial charge in [0.25, 0.3) is 0 Å². The van der Waals surface area contributed by atoms with Crippen LogP contribution < -0.4 is 15.4 Å². The summed E-state index contributed by atoms with van der Waals surface area (Å²) in [5, 5.41) is 15.4. The highest BCUT2D eigenvalue weighted by molar-refractivity contribution is 9.10. The van der Waals surface area contributed by atoms with Crippen molar-refractivity contribution in [2.24, 2.45) is 0 Å². The van der Waals surface area contributed by atoms with Gasteiger partial charge in [-0.05, 0) is 60.0 Å². The molecule has 0 fully saturated rings. The zero-order chi connectivity index (χ0) is 23.3. The van der Waals surface area contributed by atoms with Gasteiger partial charge in [-0.3, -0.25) is 0 Å². The Morgan fingerprint density at radius 3 is 2.53 bits per heavy atom. The fourth-order valence-electron chi connectivity index (χ4n) is 2.87. The van der Waals surface area contributed by atoms with Crippen molar-refractivity contribution in [3.8, 4) is 0 Å². The number of aliphatic hydroxyl groups is 1. The normalized spacial score (nSPS) is 12.4. The van der Waals surface area contributed by atoms with Crippen molar-refractivity contribution in [3.63, 3.8) is 0 Å². The molecule has 4 N–H and O–H groups in total. The summed E-state index contributed by atoms with van der Waals surface area (Å²) in [6, 6.07) is 12.6. The highest BCUT2D eigenvalue weighted by Gasteiger charge is 2.18. The molecule has 0 aliphatic rings. The van der Waals surface area contributed by atoms with Gasteiger partial charge in [0, 0.05) is 24.5 Å². The molecule has 0 amide bonds. The molecular formula is C22H26BrN5O3S. The van der Waals surface area contributed by atoms with E-state index in [1.165, 1.54) is 0 Å². The Kier molecular flexibility index (Phi) is 7.83. The van der Waals surface area contributed by atoms with Gasteiger partial charge in [0.1, 0.15) is 5.82 Å². The molecule has 170 valence electrons. The van der Waals surface area contributed by atoms with Gasteiger partial charge in [-0.25, -0.2) is 18.1 Å². The zero-order valence-electron chi connectivity index (χ0n) is 18.1. The van der Waals surface area contributed by atoms with Crippen molar-refractivity contribution in [3.05, 3.63) is 69.8 Å². The first-order valence-electron chi connectivity index (χ1n) is 10.0. The molecule has 0 spiro atoms. The summed E-state index contributed by atoms with van der Waals surface area (Å²) in [4.78, 5) is 8.80. The quantitative estimate of drug-likeness (QED) is 0.339. The molecule has 2 aromatic carbocycles. The second kappa shape index (κ2) is 10.4. The highest BCUT2D eigenvalue weighted by atomic mass is 79.9. The second-order valence-corrected chi connectivity index (χ2v) is 10.1. The Bertz CT molecular complexity index is 1190. The van der Waals surface area contributed by atoms with Crippen LogP contribution in [0.3, 0.4) is 0 Å². The van der Waals surface area contributed by atoms with E-state index in [0.29, 0.717) is 27.5 Å². The molecule has 10 heteroatoms. The van der Waals surface area contributed by atoms with Crippen molar-refractivity contribution < 1.29 is 13.5 Å². The van der Waals surface area contributed by atoms with Crippen LogP contribution >= 0.6 is 15.9 Å². The van der Waals surface area contributed by atoms with E-state index in [4.69, 9.17) is 0 Å². The number of halogens is 1. The third kappa shape index (κ3) is 6.26. The van der Waals surface area contributed by atoms with Crippen LogP contribution in [0.4, 0.5) is 17.5 Å². The smallest absolute Gasteiger partial charge is 0.241 e. The summed E-state index contributed by atoms with van der Waals surface area (Å²) >= 11 is 3.38. The van der Waals surface area contributed by atoms with E-state index in [0.717, 1.165) is 11.1 Å². The molecule has 1 atom stereocenters. The summed E-state index contributed by atoms with van der Waals surface area (Å²) in [7, 11) is -3.73. The number of aliphatic hydroxyl groups excluding tert-OH is 1. The molecule has 1 heterocycles. The molecule has 1 aromatic heterocycles. The number of anilines is 3. The van der Waals surface area contributed by atoms with E-state index >= 15 is 0 Å². The predicted octanol–water partition coefficient (Wildman–Crippen LogP) is 3.87. The van der Waals surface area contributed by atoms with Gasteiger partial charge in [0.05, 0.1) is 16.0 Å². The predicted molar refractivity (Wildman–Crippen MR) is 130 cm³/mol. The first-order chi connectivity index (χ1) is 15.2. The van der Waals surface area contributed by atoms with Gasteiger partial charge in [-0.2, -0.15) is 4.98 Å². The number of nitrogens with zero attached hydrogens (tertiary/aromatic N) is 2. The topological polar surface area (TPSA) is 116 Å². The highest BCUT2D eigenvalue weighted by Crippen LogP contribution is 2.25. The van der Waals surface area contributed by atoms with Crippen molar-refractivity contribution in [2.75, 3.05) is 17.2 Å². The van der Waals surface area contributed by atoms with Crippen LogP contribution in [0.2, 0.25) is 0 Å². The number of sulfonamides is 1. The maximum absolute atomic E-state index is 12.9. The number of hydrogen-bond acceptors (Lipinski definition) is 7. The number of benzene rings is 2. The molecule has 32 heavy (non-hydrogen) atoms. The van der Waals surface area contributed by atoms with Crippen LogP contribution in [0.5, 0.6) is 0 Å². The molecule has 3 aromatic rings. The molecule has 0 bridgehead atoms.